The number of piperidine rings is 1. The molecule has 1 aromatic carbocycles. The van der Waals surface area contributed by atoms with Crippen LogP contribution in [0.5, 0.6) is 5.75 Å². The second-order valence-electron chi connectivity index (χ2n) is 6.65. The maximum Gasteiger partial charge on any atom is 0.573 e. The number of sulfonamides is 1. The molecule has 7 nitrogen and oxygen atoms in total. The first-order chi connectivity index (χ1) is 13.6. The Morgan fingerprint density at radius 2 is 1.83 bits per heavy atom. The van der Waals surface area contributed by atoms with Crippen LogP contribution in [-0.4, -0.2) is 37.8 Å². The monoisotopic (exact) mass is 430 g/mol. The van der Waals surface area contributed by atoms with Crippen LogP contribution in [0.2, 0.25) is 0 Å². The number of aromatic nitrogens is 2. The lowest BCUT2D eigenvalue weighted by Crippen LogP contribution is -2.31. The van der Waals surface area contributed by atoms with E-state index in [9.17, 15) is 21.6 Å². The van der Waals surface area contributed by atoms with E-state index in [2.05, 4.69) is 24.3 Å². The summed E-state index contributed by atoms with van der Waals surface area (Å²) in [4.78, 5) is 10.1. The fourth-order valence-electron chi connectivity index (χ4n) is 3.09. The molecule has 0 aliphatic carbocycles. The molecule has 1 fully saturated rings. The van der Waals surface area contributed by atoms with Gasteiger partial charge in [-0.2, -0.15) is 0 Å². The Bertz CT molecular complexity index is 961. The number of hydrogen-bond acceptors (Lipinski definition) is 6. The van der Waals surface area contributed by atoms with Crippen molar-refractivity contribution in [2.75, 3.05) is 18.0 Å². The molecule has 2 heterocycles. The molecule has 0 bridgehead atoms. The van der Waals surface area contributed by atoms with Crippen LogP contribution in [-0.2, 0) is 16.6 Å². The molecule has 11 heteroatoms. The molecule has 3 rings (SSSR count). The quantitative estimate of drug-likeness (QED) is 0.758. The summed E-state index contributed by atoms with van der Waals surface area (Å²) in [7, 11) is -4.28. The third-order valence-corrected chi connectivity index (χ3v) is 5.79. The number of benzene rings is 1. The molecule has 0 spiro atoms. The highest BCUT2D eigenvalue weighted by Crippen LogP contribution is 2.29. The van der Waals surface area contributed by atoms with Gasteiger partial charge in [-0.05, 0) is 38.3 Å². The highest BCUT2D eigenvalue weighted by atomic mass is 32.2. The van der Waals surface area contributed by atoms with Crippen LogP contribution in [0.15, 0.2) is 35.2 Å². The van der Waals surface area contributed by atoms with Crippen molar-refractivity contribution >= 4 is 15.8 Å². The molecule has 1 N–H and O–H groups in total. The summed E-state index contributed by atoms with van der Waals surface area (Å²) in [5.41, 5.74) is 0.676. The lowest BCUT2D eigenvalue weighted by atomic mass is 10.1. The van der Waals surface area contributed by atoms with Gasteiger partial charge in [-0.1, -0.05) is 12.1 Å². The Morgan fingerprint density at radius 1 is 1.14 bits per heavy atom. The van der Waals surface area contributed by atoms with Gasteiger partial charge in [0, 0.05) is 24.8 Å². The number of para-hydroxylation sites is 1. The zero-order valence-electron chi connectivity index (χ0n) is 15.7. The van der Waals surface area contributed by atoms with E-state index in [1.165, 1.54) is 12.1 Å². The molecule has 0 unspecified atom stereocenters. The van der Waals surface area contributed by atoms with E-state index in [-0.39, 0.29) is 12.4 Å². The molecule has 0 amide bonds. The summed E-state index contributed by atoms with van der Waals surface area (Å²) < 4.78 is 68.9. The van der Waals surface area contributed by atoms with Gasteiger partial charge in [0.1, 0.15) is 22.3 Å². The average Bonchev–Trinajstić information content (AvgIpc) is 2.66. The van der Waals surface area contributed by atoms with Crippen molar-refractivity contribution in [1.29, 1.82) is 0 Å². The maximum absolute atomic E-state index is 12.6. The Labute approximate surface area is 167 Å². The molecule has 2 aromatic rings. The predicted molar refractivity (Wildman–Crippen MR) is 100.0 cm³/mol. The lowest BCUT2D eigenvalue weighted by Gasteiger charge is -2.28. The summed E-state index contributed by atoms with van der Waals surface area (Å²) >= 11 is 0. The van der Waals surface area contributed by atoms with Gasteiger partial charge in [0.2, 0.25) is 10.0 Å². The van der Waals surface area contributed by atoms with Crippen LogP contribution in [0.3, 0.4) is 0 Å². The van der Waals surface area contributed by atoms with Crippen LogP contribution in [0.25, 0.3) is 0 Å². The lowest BCUT2D eigenvalue weighted by molar-refractivity contribution is -0.275. The van der Waals surface area contributed by atoms with Gasteiger partial charge in [-0.15, -0.1) is 13.2 Å². The minimum atomic E-state index is -5.01. The van der Waals surface area contributed by atoms with Crippen LogP contribution < -0.4 is 14.4 Å². The van der Waals surface area contributed by atoms with Crippen molar-refractivity contribution in [3.05, 3.63) is 41.9 Å². The molecular formula is C18H21F3N4O3S. The third kappa shape index (κ3) is 5.80. The van der Waals surface area contributed by atoms with Crippen molar-refractivity contribution in [3.63, 3.8) is 0 Å². The van der Waals surface area contributed by atoms with Gasteiger partial charge in [0.25, 0.3) is 0 Å². The summed E-state index contributed by atoms with van der Waals surface area (Å²) in [6, 6.07) is 6.39. The van der Waals surface area contributed by atoms with E-state index < -0.39 is 27.0 Å². The van der Waals surface area contributed by atoms with E-state index in [1.54, 1.807) is 6.92 Å². The zero-order chi connectivity index (χ0) is 21.1. The molecule has 1 saturated heterocycles. The van der Waals surface area contributed by atoms with Crippen molar-refractivity contribution in [3.8, 4) is 5.75 Å². The summed E-state index contributed by atoms with van der Waals surface area (Å²) in [6.45, 7) is 3.25. The topological polar surface area (TPSA) is 84.4 Å². The van der Waals surface area contributed by atoms with Crippen molar-refractivity contribution in [1.82, 2.24) is 14.7 Å². The maximum atomic E-state index is 12.6. The molecule has 1 aliphatic rings. The molecule has 1 aromatic heterocycles. The minimum absolute atomic E-state index is 0.239. The smallest absolute Gasteiger partial charge is 0.404 e. The molecule has 158 valence electrons. The van der Waals surface area contributed by atoms with E-state index >= 15 is 0 Å². The summed E-state index contributed by atoms with van der Waals surface area (Å²) in [5, 5.41) is 0. The first-order valence-electron chi connectivity index (χ1n) is 9.08. The summed E-state index contributed by atoms with van der Waals surface area (Å²) in [6.07, 6.45) is -1.73. The number of alkyl halides is 3. The van der Waals surface area contributed by atoms with Crippen LogP contribution in [0.1, 0.15) is 30.8 Å². The van der Waals surface area contributed by atoms with E-state index in [0.29, 0.717) is 11.5 Å². The molecule has 0 atom stereocenters. The second kappa shape index (κ2) is 8.54. The molecule has 0 saturated carbocycles. The number of anilines is 1. The molecular weight excluding hydrogens is 409 g/mol. The Hall–Kier alpha value is -2.40. The highest BCUT2D eigenvalue weighted by Gasteiger charge is 2.34. The largest absolute Gasteiger partial charge is 0.573 e. The fraction of sp³-hybridized carbons (Fsp3) is 0.444. The number of nitrogens with zero attached hydrogens (tertiary/aromatic N) is 3. The van der Waals surface area contributed by atoms with Crippen LogP contribution >= 0.6 is 0 Å². The predicted octanol–water partition coefficient (Wildman–Crippen LogP) is 3.15. The standard InChI is InChI=1S/C18H21F3N4O3S/c1-13-11-17(25-9-5-2-6-10-25)24-16(23-13)12-22-29(26,27)15-8-4-3-7-14(15)28-18(19,20)21/h3-4,7-8,11,22H,2,5-6,9-10,12H2,1H3. The molecule has 1 aliphatic heterocycles. The minimum Gasteiger partial charge on any atom is -0.404 e. The first-order valence-corrected chi connectivity index (χ1v) is 10.6. The SMILES string of the molecule is Cc1cc(N2CCCCC2)nc(CNS(=O)(=O)c2ccccc2OC(F)(F)F)n1. The van der Waals surface area contributed by atoms with Gasteiger partial charge in [-0.25, -0.2) is 23.1 Å². The fourth-order valence-corrected chi connectivity index (χ4v) is 4.20. The number of halogens is 3. The van der Waals surface area contributed by atoms with Crippen molar-refractivity contribution < 1.29 is 26.3 Å². The van der Waals surface area contributed by atoms with Crippen LogP contribution in [0, 0.1) is 6.92 Å². The van der Waals surface area contributed by atoms with Crippen molar-refractivity contribution in [2.45, 2.75) is 44.0 Å². The molecule has 0 radical (unpaired) electrons. The number of ether oxygens (including phenoxy) is 1. The number of rotatable bonds is 6. The Morgan fingerprint density at radius 3 is 2.52 bits per heavy atom. The van der Waals surface area contributed by atoms with Gasteiger partial charge < -0.3 is 9.64 Å². The third-order valence-electron chi connectivity index (χ3n) is 4.35. The summed E-state index contributed by atoms with van der Waals surface area (Å²) in [5.74, 6) is 0.155. The zero-order valence-corrected chi connectivity index (χ0v) is 16.6. The van der Waals surface area contributed by atoms with E-state index in [1.807, 2.05) is 6.07 Å². The average molecular weight is 430 g/mol. The van der Waals surface area contributed by atoms with Crippen molar-refractivity contribution in [2.24, 2.45) is 0 Å². The van der Waals surface area contributed by atoms with Crippen LogP contribution in [0.4, 0.5) is 19.0 Å². The van der Waals surface area contributed by atoms with Gasteiger partial charge in [-0.3, -0.25) is 0 Å². The highest BCUT2D eigenvalue weighted by molar-refractivity contribution is 7.89. The van der Waals surface area contributed by atoms with Gasteiger partial charge in [0.15, 0.2) is 0 Å². The van der Waals surface area contributed by atoms with E-state index in [0.717, 1.165) is 44.5 Å². The second-order valence-corrected chi connectivity index (χ2v) is 8.39. The van der Waals surface area contributed by atoms with Gasteiger partial charge >= 0.3 is 6.36 Å². The number of aryl methyl sites for hydroxylation is 1. The Kier molecular flexibility index (Phi) is 6.27. The molecule has 29 heavy (non-hydrogen) atoms. The first kappa shape index (κ1) is 21.3. The number of hydrogen-bond donors (Lipinski definition) is 1. The van der Waals surface area contributed by atoms with E-state index in [4.69, 9.17) is 0 Å². The van der Waals surface area contributed by atoms with Gasteiger partial charge in [0.05, 0.1) is 6.54 Å². The Balaban J connectivity index is 1.78. The normalized spacial score (nSPS) is 15.4. The number of nitrogens with one attached hydrogen (secondary N) is 1.